The number of aliphatic carboxylic acids is 1. The fraction of sp³-hybridized carbons (Fsp3) is 0.923. The normalized spacial score (nSPS) is 24.2. The summed E-state index contributed by atoms with van der Waals surface area (Å²) >= 11 is 0. The number of rotatable bonds is 7. The van der Waals surface area contributed by atoms with Crippen LogP contribution in [0, 0.1) is 5.92 Å². The SMILES string of the molecule is CCCC(C)(NCC1CCCN(S(C)(=O)=O)C1)C(=O)O. The Kier molecular flexibility index (Phi) is 5.97. The van der Waals surface area contributed by atoms with Gasteiger partial charge < -0.3 is 10.4 Å². The van der Waals surface area contributed by atoms with Gasteiger partial charge in [-0.2, -0.15) is 0 Å². The van der Waals surface area contributed by atoms with E-state index in [4.69, 9.17) is 0 Å². The lowest BCUT2D eigenvalue weighted by Crippen LogP contribution is -2.52. The van der Waals surface area contributed by atoms with Gasteiger partial charge in [0.1, 0.15) is 5.54 Å². The molecule has 0 amide bonds. The van der Waals surface area contributed by atoms with E-state index in [2.05, 4.69) is 5.32 Å². The molecule has 2 atom stereocenters. The van der Waals surface area contributed by atoms with Crippen molar-refractivity contribution in [1.29, 1.82) is 0 Å². The zero-order valence-corrected chi connectivity index (χ0v) is 13.4. The molecule has 0 spiro atoms. The lowest BCUT2D eigenvalue weighted by atomic mass is 9.93. The van der Waals surface area contributed by atoms with E-state index < -0.39 is 21.5 Å². The maximum Gasteiger partial charge on any atom is 0.323 e. The molecule has 118 valence electrons. The predicted octanol–water partition coefficient (Wildman–Crippen LogP) is 0.891. The maximum absolute atomic E-state index is 11.6. The average Bonchev–Trinajstić information content (AvgIpc) is 2.36. The lowest BCUT2D eigenvalue weighted by molar-refractivity contribution is -0.144. The van der Waals surface area contributed by atoms with E-state index >= 15 is 0 Å². The van der Waals surface area contributed by atoms with E-state index in [0.717, 1.165) is 19.3 Å². The number of carboxylic acids is 1. The summed E-state index contributed by atoms with van der Waals surface area (Å²) in [6, 6.07) is 0. The molecular weight excluding hydrogens is 280 g/mol. The van der Waals surface area contributed by atoms with E-state index in [9.17, 15) is 18.3 Å². The number of carbonyl (C=O) groups is 1. The molecule has 7 heteroatoms. The Labute approximate surface area is 121 Å². The molecule has 1 heterocycles. The number of nitrogens with one attached hydrogen (secondary N) is 1. The first kappa shape index (κ1) is 17.4. The average molecular weight is 306 g/mol. The number of piperidine rings is 1. The van der Waals surface area contributed by atoms with Gasteiger partial charge in [0.25, 0.3) is 0 Å². The highest BCUT2D eigenvalue weighted by atomic mass is 32.2. The lowest BCUT2D eigenvalue weighted by Gasteiger charge is -2.34. The molecule has 0 aromatic carbocycles. The standard InChI is InChI=1S/C13H26N2O4S/c1-4-7-13(2,12(16)17)14-9-11-6-5-8-15(10-11)20(3,18)19/h11,14H,4-10H2,1-3H3,(H,16,17). The minimum Gasteiger partial charge on any atom is -0.480 e. The Morgan fingerprint density at radius 1 is 1.50 bits per heavy atom. The number of hydrogen-bond acceptors (Lipinski definition) is 4. The fourth-order valence-corrected chi connectivity index (χ4v) is 3.58. The van der Waals surface area contributed by atoms with Crippen LogP contribution in [0.1, 0.15) is 39.5 Å². The van der Waals surface area contributed by atoms with Crippen LogP contribution in [0.2, 0.25) is 0 Å². The van der Waals surface area contributed by atoms with Crippen LogP contribution in [-0.2, 0) is 14.8 Å². The maximum atomic E-state index is 11.6. The van der Waals surface area contributed by atoms with Gasteiger partial charge in [-0.15, -0.1) is 0 Å². The van der Waals surface area contributed by atoms with Crippen molar-refractivity contribution in [2.45, 2.75) is 45.1 Å². The Morgan fingerprint density at radius 2 is 2.15 bits per heavy atom. The zero-order valence-electron chi connectivity index (χ0n) is 12.6. The Morgan fingerprint density at radius 3 is 2.65 bits per heavy atom. The Bertz CT molecular complexity index is 438. The van der Waals surface area contributed by atoms with Gasteiger partial charge in [-0.1, -0.05) is 13.3 Å². The van der Waals surface area contributed by atoms with Gasteiger partial charge in [0, 0.05) is 19.6 Å². The van der Waals surface area contributed by atoms with Crippen molar-refractivity contribution in [1.82, 2.24) is 9.62 Å². The third kappa shape index (κ3) is 4.71. The molecule has 0 aromatic heterocycles. The van der Waals surface area contributed by atoms with Crippen LogP contribution in [0.4, 0.5) is 0 Å². The fourth-order valence-electron chi connectivity index (χ4n) is 2.64. The first-order valence-corrected chi connectivity index (χ1v) is 8.97. The van der Waals surface area contributed by atoms with Gasteiger partial charge in [0.15, 0.2) is 0 Å². The van der Waals surface area contributed by atoms with Crippen LogP contribution in [0.3, 0.4) is 0 Å². The molecule has 2 N–H and O–H groups in total. The molecule has 1 aliphatic rings. The van der Waals surface area contributed by atoms with Crippen molar-refractivity contribution < 1.29 is 18.3 Å². The molecule has 0 saturated carbocycles. The number of hydrogen-bond donors (Lipinski definition) is 2. The van der Waals surface area contributed by atoms with Crippen LogP contribution in [-0.4, -0.2) is 55.2 Å². The second-order valence-corrected chi connectivity index (χ2v) is 7.88. The molecule has 1 fully saturated rings. The minimum atomic E-state index is -3.15. The summed E-state index contributed by atoms with van der Waals surface area (Å²) < 4.78 is 24.6. The summed E-state index contributed by atoms with van der Waals surface area (Å²) in [6.45, 7) is 5.23. The van der Waals surface area contributed by atoms with Gasteiger partial charge in [-0.05, 0) is 32.1 Å². The highest BCUT2D eigenvalue weighted by Gasteiger charge is 2.33. The first-order chi connectivity index (χ1) is 9.19. The van der Waals surface area contributed by atoms with Crippen molar-refractivity contribution in [2.75, 3.05) is 25.9 Å². The molecule has 1 aliphatic heterocycles. The van der Waals surface area contributed by atoms with Crippen LogP contribution >= 0.6 is 0 Å². The molecular formula is C13H26N2O4S. The first-order valence-electron chi connectivity index (χ1n) is 7.12. The van der Waals surface area contributed by atoms with Crippen molar-refractivity contribution >= 4 is 16.0 Å². The monoisotopic (exact) mass is 306 g/mol. The molecule has 0 radical (unpaired) electrons. The number of sulfonamides is 1. The molecule has 6 nitrogen and oxygen atoms in total. The van der Waals surface area contributed by atoms with Crippen LogP contribution < -0.4 is 5.32 Å². The second-order valence-electron chi connectivity index (χ2n) is 5.90. The van der Waals surface area contributed by atoms with Crippen LogP contribution in [0.15, 0.2) is 0 Å². The molecule has 1 saturated heterocycles. The number of nitrogens with zero attached hydrogens (tertiary/aromatic N) is 1. The second kappa shape index (κ2) is 6.87. The van der Waals surface area contributed by atoms with Gasteiger partial charge in [-0.25, -0.2) is 12.7 Å². The summed E-state index contributed by atoms with van der Waals surface area (Å²) in [4.78, 5) is 11.3. The van der Waals surface area contributed by atoms with E-state index in [1.165, 1.54) is 10.6 Å². The minimum absolute atomic E-state index is 0.175. The predicted molar refractivity (Wildman–Crippen MR) is 78.1 cm³/mol. The topological polar surface area (TPSA) is 86.7 Å². The van der Waals surface area contributed by atoms with E-state index in [0.29, 0.717) is 26.1 Å². The zero-order chi connectivity index (χ0) is 15.4. The largest absolute Gasteiger partial charge is 0.480 e. The van der Waals surface area contributed by atoms with Crippen molar-refractivity contribution in [3.63, 3.8) is 0 Å². The smallest absolute Gasteiger partial charge is 0.323 e. The third-order valence-electron chi connectivity index (χ3n) is 3.95. The summed E-state index contributed by atoms with van der Waals surface area (Å²) in [5.74, 6) is -0.677. The number of carboxylic acid groups (broad SMARTS) is 1. The van der Waals surface area contributed by atoms with Gasteiger partial charge in [-0.3, -0.25) is 4.79 Å². The van der Waals surface area contributed by atoms with E-state index in [-0.39, 0.29) is 5.92 Å². The van der Waals surface area contributed by atoms with Gasteiger partial charge in [0.05, 0.1) is 6.26 Å². The Hall–Kier alpha value is -0.660. The molecule has 0 bridgehead atoms. The van der Waals surface area contributed by atoms with Gasteiger partial charge >= 0.3 is 5.97 Å². The molecule has 2 unspecified atom stereocenters. The van der Waals surface area contributed by atoms with E-state index in [1.807, 2.05) is 6.92 Å². The highest BCUT2D eigenvalue weighted by Crippen LogP contribution is 2.20. The molecule has 20 heavy (non-hydrogen) atoms. The summed E-state index contributed by atoms with van der Waals surface area (Å²) in [5.41, 5.74) is -0.928. The summed E-state index contributed by atoms with van der Waals surface area (Å²) in [5, 5.41) is 12.4. The highest BCUT2D eigenvalue weighted by molar-refractivity contribution is 7.88. The molecule has 0 aromatic rings. The van der Waals surface area contributed by atoms with Crippen molar-refractivity contribution in [3.05, 3.63) is 0 Å². The molecule has 1 rings (SSSR count). The van der Waals surface area contributed by atoms with E-state index in [1.54, 1.807) is 6.92 Å². The molecule has 0 aliphatic carbocycles. The summed E-state index contributed by atoms with van der Waals surface area (Å²) in [6.07, 6.45) is 4.33. The Balaban J connectivity index is 2.58. The van der Waals surface area contributed by atoms with Gasteiger partial charge in [0.2, 0.25) is 10.0 Å². The van der Waals surface area contributed by atoms with Crippen LogP contribution in [0.25, 0.3) is 0 Å². The summed E-state index contributed by atoms with van der Waals surface area (Å²) in [7, 11) is -3.15. The van der Waals surface area contributed by atoms with Crippen molar-refractivity contribution in [2.24, 2.45) is 5.92 Å². The third-order valence-corrected chi connectivity index (χ3v) is 5.22. The van der Waals surface area contributed by atoms with Crippen molar-refractivity contribution in [3.8, 4) is 0 Å². The quantitative estimate of drug-likeness (QED) is 0.729. The van der Waals surface area contributed by atoms with Crippen LogP contribution in [0.5, 0.6) is 0 Å².